The summed E-state index contributed by atoms with van der Waals surface area (Å²) in [5.41, 5.74) is 1.78. The molecule has 4 rings (SSSR count). The van der Waals surface area contributed by atoms with E-state index in [1.165, 1.54) is 11.3 Å². The van der Waals surface area contributed by atoms with Crippen molar-refractivity contribution < 1.29 is 9.21 Å². The number of amides is 1. The first-order valence-corrected chi connectivity index (χ1v) is 8.83. The number of nitrogens with one attached hydrogen (secondary N) is 1. The first kappa shape index (κ1) is 15.1. The number of nitrogens with zero attached hydrogens (tertiary/aromatic N) is 1. The molecule has 118 valence electrons. The molecule has 0 saturated carbocycles. The van der Waals surface area contributed by atoms with Gasteiger partial charge < -0.3 is 4.42 Å². The van der Waals surface area contributed by atoms with E-state index in [1.807, 2.05) is 48.5 Å². The molecule has 0 bridgehead atoms. The lowest BCUT2D eigenvalue weighted by Gasteiger charge is -1.99. The van der Waals surface area contributed by atoms with Gasteiger partial charge in [0, 0.05) is 10.0 Å². The van der Waals surface area contributed by atoms with Gasteiger partial charge >= 0.3 is 0 Å². The van der Waals surface area contributed by atoms with Gasteiger partial charge in [0.05, 0.1) is 10.2 Å². The number of rotatable bonds is 3. The van der Waals surface area contributed by atoms with Gasteiger partial charge in [0.15, 0.2) is 10.9 Å². The molecule has 0 atom stereocenters. The molecule has 0 unspecified atom stereocenters. The van der Waals surface area contributed by atoms with Gasteiger partial charge in [0.25, 0.3) is 5.91 Å². The van der Waals surface area contributed by atoms with Crippen molar-refractivity contribution in [3.05, 3.63) is 70.9 Å². The molecule has 0 saturated heterocycles. The monoisotopic (exact) mass is 398 g/mol. The number of carbonyl (C=O) groups excluding carboxylic acids is 1. The van der Waals surface area contributed by atoms with E-state index >= 15 is 0 Å². The van der Waals surface area contributed by atoms with Crippen LogP contribution in [0.25, 0.3) is 21.5 Å². The number of halogens is 1. The van der Waals surface area contributed by atoms with Crippen molar-refractivity contribution in [3.63, 3.8) is 0 Å². The maximum atomic E-state index is 12.3. The average molecular weight is 399 g/mol. The SMILES string of the molecule is O=C(Nc1nc2ccccc2s1)c1ccc(-c2ccc(Br)cc2)o1. The highest BCUT2D eigenvalue weighted by Crippen LogP contribution is 2.27. The second kappa shape index (κ2) is 6.22. The van der Waals surface area contributed by atoms with E-state index in [1.54, 1.807) is 12.1 Å². The molecule has 2 heterocycles. The molecular weight excluding hydrogens is 388 g/mol. The fourth-order valence-corrected chi connectivity index (χ4v) is 3.44. The molecule has 0 spiro atoms. The van der Waals surface area contributed by atoms with Gasteiger partial charge in [-0.15, -0.1) is 0 Å². The van der Waals surface area contributed by atoms with Crippen molar-refractivity contribution in [1.82, 2.24) is 4.98 Å². The molecule has 0 aliphatic carbocycles. The minimum atomic E-state index is -0.308. The molecule has 0 fully saturated rings. The van der Waals surface area contributed by atoms with Crippen molar-refractivity contribution >= 4 is 48.5 Å². The third-order valence-electron chi connectivity index (χ3n) is 3.47. The van der Waals surface area contributed by atoms with Crippen molar-refractivity contribution in [2.75, 3.05) is 5.32 Å². The summed E-state index contributed by atoms with van der Waals surface area (Å²) < 4.78 is 7.69. The smallest absolute Gasteiger partial charge is 0.293 e. The molecule has 4 nitrogen and oxygen atoms in total. The van der Waals surface area contributed by atoms with E-state index in [0.717, 1.165) is 20.3 Å². The second-order valence-corrected chi connectivity index (χ2v) is 7.06. The van der Waals surface area contributed by atoms with Gasteiger partial charge in [-0.1, -0.05) is 51.5 Å². The van der Waals surface area contributed by atoms with Crippen LogP contribution in [0, 0.1) is 0 Å². The molecule has 0 aliphatic rings. The van der Waals surface area contributed by atoms with Gasteiger partial charge in [0.2, 0.25) is 0 Å². The summed E-state index contributed by atoms with van der Waals surface area (Å²) in [5.74, 6) is 0.599. The quantitative estimate of drug-likeness (QED) is 0.490. The van der Waals surface area contributed by atoms with Crippen LogP contribution in [0.15, 0.2) is 69.6 Å². The Kier molecular flexibility index (Phi) is 3.92. The van der Waals surface area contributed by atoms with Crippen LogP contribution in [-0.2, 0) is 0 Å². The number of thiazole rings is 1. The zero-order valence-corrected chi connectivity index (χ0v) is 14.7. The lowest BCUT2D eigenvalue weighted by molar-refractivity contribution is 0.0997. The van der Waals surface area contributed by atoms with Crippen LogP contribution in [0.2, 0.25) is 0 Å². The summed E-state index contributed by atoms with van der Waals surface area (Å²) in [7, 11) is 0. The Balaban J connectivity index is 1.55. The molecule has 2 aromatic carbocycles. The third-order valence-corrected chi connectivity index (χ3v) is 4.95. The number of benzene rings is 2. The zero-order valence-electron chi connectivity index (χ0n) is 12.3. The number of hydrogen-bond acceptors (Lipinski definition) is 4. The van der Waals surface area contributed by atoms with Gasteiger partial charge in [0.1, 0.15) is 5.76 Å². The van der Waals surface area contributed by atoms with E-state index in [4.69, 9.17) is 4.42 Å². The maximum absolute atomic E-state index is 12.3. The molecule has 1 N–H and O–H groups in total. The fourth-order valence-electron chi connectivity index (χ4n) is 2.31. The highest BCUT2D eigenvalue weighted by molar-refractivity contribution is 9.10. The zero-order chi connectivity index (χ0) is 16.5. The van der Waals surface area contributed by atoms with E-state index in [0.29, 0.717) is 10.9 Å². The molecule has 1 amide bonds. The molecule has 2 aromatic heterocycles. The Hall–Kier alpha value is -2.44. The predicted molar refractivity (Wildman–Crippen MR) is 99.4 cm³/mol. The standard InChI is InChI=1S/C18H11BrN2O2S/c19-12-7-5-11(6-8-12)14-9-10-15(23-14)17(22)21-18-20-13-3-1-2-4-16(13)24-18/h1-10H,(H,20,21,22). The van der Waals surface area contributed by atoms with Crippen LogP contribution in [0.5, 0.6) is 0 Å². The molecule has 24 heavy (non-hydrogen) atoms. The largest absolute Gasteiger partial charge is 0.451 e. The Morgan fingerprint density at radius 2 is 1.83 bits per heavy atom. The minimum absolute atomic E-state index is 0.257. The van der Waals surface area contributed by atoms with Gasteiger partial charge in [-0.3, -0.25) is 10.1 Å². The maximum Gasteiger partial charge on any atom is 0.293 e. The number of hydrogen-bond donors (Lipinski definition) is 1. The lowest BCUT2D eigenvalue weighted by atomic mass is 10.2. The number of para-hydroxylation sites is 1. The van der Waals surface area contributed by atoms with Gasteiger partial charge in [-0.2, -0.15) is 0 Å². The number of carbonyl (C=O) groups is 1. The number of fused-ring (bicyclic) bond motifs is 1. The van der Waals surface area contributed by atoms with E-state index in [2.05, 4.69) is 26.2 Å². The van der Waals surface area contributed by atoms with Crippen molar-refractivity contribution in [3.8, 4) is 11.3 Å². The fraction of sp³-hybridized carbons (Fsp3) is 0. The summed E-state index contributed by atoms with van der Waals surface area (Å²) >= 11 is 4.83. The average Bonchev–Trinajstić information content (AvgIpc) is 3.21. The van der Waals surface area contributed by atoms with Crippen LogP contribution in [0.1, 0.15) is 10.6 Å². The Bertz CT molecular complexity index is 988. The van der Waals surface area contributed by atoms with Crippen LogP contribution in [0.4, 0.5) is 5.13 Å². The Morgan fingerprint density at radius 3 is 2.62 bits per heavy atom. The van der Waals surface area contributed by atoms with Crippen molar-refractivity contribution in [2.45, 2.75) is 0 Å². The second-order valence-electron chi connectivity index (χ2n) is 5.11. The molecule has 6 heteroatoms. The third kappa shape index (κ3) is 2.98. The highest BCUT2D eigenvalue weighted by Gasteiger charge is 2.14. The lowest BCUT2D eigenvalue weighted by Crippen LogP contribution is -2.10. The topological polar surface area (TPSA) is 55.1 Å². The number of furan rings is 1. The summed E-state index contributed by atoms with van der Waals surface area (Å²) in [4.78, 5) is 16.7. The van der Waals surface area contributed by atoms with Gasteiger partial charge in [-0.05, 0) is 36.4 Å². The Morgan fingerprint density at radius 1 is 1.04 bits per heavy atom. The summed E-state index contributed by atoms with van der Waals surface area (Å²) in [5, 5.41) is 3.35. The summed E-state index contributed by atoms with van der Waals surface area (Å²) in [6.45, 7) is 0. The first-order chi connectivity index (χ1) is 11.7. The highest BCUT2D eigenvalue weighted by atomic mass is 79.9. The van der Waals surface area contributed by atoms with E-state index in [9.17, 15) is 4.79 Å². The van der Waals surface area contributed by atoms with Crippen molar-refractivity contribution in [1.29, 1.82) is 0 Å². The minimum Gasteiger partial charge on any atom is -0.451 e. The summed E-state index contributed by atoms with van der Waals surface area (Å²) in [6.07, 6.45) is 0. The van der Waals surface area contributed by atoms with Crippen molar-refractivity contribution in [2.24, 2.45) is 0 Å². The van der Waals surface area contributed by atoms with Crippen LogP contribution in [-0.4, -0.2) is 10.9 Å². The summed E-state index contributed by atoms with van der Waals surface area (Å²) in [6, 6.07) is 18.9. The first-order valence-electron chi connectivity index (χ1n) is 7.22. The van der Waals surface area contributed by atoms with E-state index < -0.39 is 0 Å². The van der Waals surface area contributed by atoms with Crippen LogP contribution < -0.4 is 5.32 Å². The van der Waals surface area contributed by atoms with Crippen LogP contribution >= 0.6 is 27.3 Å². The van der Waals surface area contributed by atoms with Crippen LogP contribution in [0.3, 0.4) is 0 Å². The van der Waals surface area contributed by atoms with E-state index in [-0.39, 0.29) is 11.7 Å². The molecule has 0 radical (unpaired) electrons. The normalized spacial score (nSPS) is 10.9. The molecular formula is C18H11BrN2O2S. The molecule has 0 aliphatic heterocycles. The molecule has 4 aromatic rings. The Labute approximate surface area is 150 Å². The predicted octanol–water partition coefficient (Wildman–Crippen LogP) is 5.57. The number of anilines is 1. The van der Waals surface area contributed by atoms with Gasteiger partial charge in [-0.25, -0.2) is 4.98 Å². The number of aromatic nitrogens is 1.